The van der Waals surface area contributed by atoms with Crippen LogP contribution in [0.1, 0.15) is 15.9 Å². The number of benzene rings is 2. The molecule has 1 aliphatic rings. The fourth-order valence-electron chi connectivity index (χ4n) is 2.08. The molecule has 84 valence electrons. The third-order valence-corrected chi connectivity index (χ3v) is 3.49. The van der Waals surface area contributed by atoms with Crippen LogP contribution in [0.4, 0.5) is 5.69 Å². The lowest BCUT2D eigenvalue weighted by atomic mass is 10.1. The lowest BCUT2D eigenvalue weighted by Crippen LogP contribution is -2.22. The second kappa shape index (κ2) is 4.00. The molecule has 0 atom stereocenters. The molecule has 17 heavy (non-hydrogen) atoms. The minimum Gasteiger partial charge on any atom is -0.304 e. The van der Waals surface area contributed by atoms with Crippen molar-refractivity contribution >= 4 is 27.5 Å². The van der Waals surface area contributed by atoms with Crippen LogP contribution in [0.15, 0.2) is 53.0 Å². The summed E-state index contributed by atoms with van der Waals surface area (Å²) >= 11 is 3.39. The zero-order valence-electron chi connectivity index (χ0n) is 9.06. The van der Waals surface area contributed by atoms with Gasteiger partial charge < -0.3 is 4.90 Å². The summed E-state index contributed by atoms with van der Waals surface area (Å²) in [5.74, 6) is 0.0860. The Bertz CT molecular complexity index is 577. The molecule has 0 saturated heterocycles. The smallest absolute Gasteiger partial charge is 0.258 e. The van der Waals surface area contributed by atoms with E-state index in [-0.39, 0.29) is 5.91 Å². The highest BCUT2D eigenvalue weighted by Gasteiger charge is 2.27. The van der Waals surface area contributed by atoms with Crippen molar-refractivity contribution < 1.29 is 4.79 Å². The molecule has 0 aliphatic carbocycles. The van der Waals surface area contributed by atoms with Crippen LogP contribution in [0, 0.1) is 0 Å². The Hall–Kier alpha value is -1.61. The van der Waals surface area contributed by atoms with Gasteiger partial charge in [-0.05, 0) is 35.9 Å². The van der Waals surface area contributed by atoms with Gasteiger partial charge >= 0.3 is 0 Å². The quantitative estimate of drug-likeness (QED) is 0.785. The summed E-state index contributed by atoms with van der Waals surface area (Å²) in [5, 5.41) is 0. The monoisotopic (exact) mass is 287 g/mol. The van der Waals surface area contributed by atoms with E-state index in [4.69, 9.17) is 0 Å². The number of nitrogens with zero attached hydrogens (tertiary/aromatic N) is 1. The normalized spacial score (nSPS) is 13.9. The lowest BCUT2D eigenvalue weighted by Gasteiger charge is -2.15. The lowest BCUT2D eigenvalue weighted by molar-refractivity contribution is 0.0996. The van der Waals surface area contributed by atoms with Crippen LogP contribution >= 0.6 is 15.9 Å². The molecule has 2 aromatic rings. The number of rotatable bonds is 1. The number of hydrogen-bond donors (Lipinski definition) is 0. The van der Waals surface area contributed by atoms with Gasteiger partial charge in [-0.1, -0.05) is 34.1 Å². The molecule has 3 heteroatoms. The van der Waals surface area contributed by atoms with Crippen LogP contribution in [-0.4, -0.2) is 5.91 Å². The van der Waals surface area contributed by atoms with Crippen LogP contribution in [-0.2, 0) is 6.54 Å². The van der Waals surface area contributed by atoms with Crippen molar-refractivity contribution in [3.8, 4) is 0 Å². The highest BCUT2D eigenvalue weighted by atomic mass is 79.9. The summed E-state index contributed by atoms with van der Waals surface area (Å²) in [4.78, 5) is 14.0. The molecule has 0 saturated carbocycles. The molecular weight excluding hydrogens is 278 g/mol. The summed E-state index contributed by atoms with van der Waals surface area (Å²) < 4.78 is 1.02. The zero-order valence-corrected chi connectivity index (χ0v) is 10.6. The van der Waals surface area contributed by atoms with Crippen molar-refractivity contribution in [1.29, 1.82) is 0 Å². The number of halogens is 1. The highest BCUT2D eigenvalue weighted by Crippen LogP contribution is 2.28. The molecule has 2 nitrogen and oxygen atoms in total. The number of carbonyl (C=O) groups is 1. The van der Waals surface area contributed by atoms with Crippen molar-refractivity contribution in [2.24, 2.45) is 0 Å². The van der Waals surface area contributed by atoms with Crippen molar-refractivity contribution in [3.63, 3.8) is 0 Å². The summed E-state index contributed by atoms with van der Waals surface area (Å²) in [7, 11) is 0. The van der Waals surface area contributed by atoms with E-state index in [0.717, 1.165) is 21.3 Å². The average Bonchev–Trinajstić information content (AvgIpc) is 2.69. The minimum absolute atomic E-state index is 0.0860. The van der Waals surface area contributed by atoms with Gasteiger partial charge in [-0.15, -0.1) is 0 Å². The summed E-state index contributed by atoms with van der Waals surface area (Å²) in [5.41, 5.74) is 2.85. The minimum atomic E-state index is 0.0860. The largest absolute Gasteiger partial charge is 0.304 e. The van der Waals surface area contributed by atoms with Gasteiger partial charge in [0.05, 0.1) is 6.54 Å². The van der Waals surface area contributed by atoms with Gasteiger partial charge in [-0.25, -0.2) is 0 Å². The molecule has 0 N–H and O–H groups in total. The molecule has 0 fully saturated rings. The van der Waals surface area contributed by atoms with E-state index in [1.807, 2.05) is 48.5 Å². The van der Waals surface area contributed by atoms with E-state index in [2.05, 4.69) is 15.9 Å². The third-order valence-electron chi connectivity index (χ3n) is 2.96. The van der Waals surface area contributed by atoms with Crippen LogP contribution in [0.25, 0.3) is 0 Å². The average molecular weight is 288 g/mol. The number of amides is 1. The Morgan fingerprint density at radius 1 is 1.00 bits per heavy atom. The van der Waals surface area contributed by atoms with Crippen molar-refractivity contribution in [3.05, 3.63) is 64.1 Å². The Kier molecular flexibility index (Phi) is 2.48. The Balaban J connectivity index is 1.99. The van der Waals surface area contributed by atoms with Crippen molar-refractivity contribution in [2.45, 2.75) is 6.54 Å². The first-order valence-electron chi connectivity index (χ1n) is 5.41. The summed E-state index contributed by atoms with van der Waals surface area (Å²) in [6.07, 6.45) is 0. The topological polar surface area (TPSA) is 20.3 Å². The fourth-order valence-corrected chi connectivity index (χ4v) is 2.35. The second-order valence-corrected chi connectivity index (χ2v) is 4.94. The molecule has 1 heterocycles. The molecule has 0 aromatic heterocycles. The van der Waals surface area contributed by atoms with E-state index in [1.54, 1.807) is 4.90 Å². The second-order valence-electron chi connectivity index (χ2n) is 4.02. The first-order chi connectivity index (χ1) is 8.25. The molecule has 1 aliphatic heterocycles. The predicted molar refractivity (Wildman–Crippen MR) is 71.1 cm³/mol. The van der Waals surface area contributed by atoms with Crippen molar-refractivity contribution in [2.75, 3.05) is 4.90 Å². The number of hydrogen-bond acceptors (Lipinski definition) is 1. The molecule has 2 aromatic carbocycles. The van der Waals surface area contributed by atoms with Crippen molar-refractivity contribution in [1.82, 2.24) is 0 Å². The van der Waals surface area contributed by atoms with Crippen LogP contribution < -0.4 is 4.90 Å². The molecule has 3 rings (SSSR count). The van der Waals surface area contributed by atoms with E-state index in [9.17, 15) is 4.79 Å². The first-order valence-corrected chi connectivity index (χ1v) is 6.20. The van der Waals surface area contributed by atoms with Gasteiger partial charge in [0.25, 0.3) is 5.91 Å². The SMILES string of the molecule is O=C1c2ccccc2CN1c1ccc(Br)cc1. The Morgan fingerprint density at radius 2 is 1.71 bits per heavy atom. The van der Waals surface area contributed by atoms with E-state index < -0.39 is 0 Å². The number of carbonyl (C=O) groups excluding carboxylic acids is 1. The number of fused-ring (bicyclic) bond motifs is 1. The van der Waals surface area contributed by atoms with Gasteiger partial charge in [-0.3, -0.25) is 4.79 Å². The Morgan fingerprint density at radius 3 is 2.41 bits per heavy atom. The van der Waals surface area contributed by atoms with Gasteiger partial charge in [0.1, 0.15) is 0 Å². The van der Waals surface area contributed by atoms with Gasteiger partial charge in [0, 0.05) is 15.7 Å². The maximum Gasteiger partial charge on any atom is 0.258 e. The van der Waals surface area contributed by atoms with E-state index in [0.29, 0.717) is 6.54 Å². The van der Waals surface area contributed by atoms with Crippen LogP contribution in [0.5, 0.6) is 0 Å². The molecular formula is C14H10BrNO. The van der Waals surface area contributed by atoms with E-state index >= 15 is 0 Å². The zero-order chi connectivity index (χ0) is 11.8. The standard InChI is InChI=1S/C14H10BrNO/c15-11-5-7-12(8-6-11)16-9-10-3-1-2-4-13(10)14(16)17/h1-8H,9H2. The molecule has 0 unspecified atom stereocenters. The predicted octanol–water partition coefficient (Wildman–Crippen LogP) is 3.61. The maximum atomic E-state index is 12.2. The van der Waals surface area contributed by atoms with Crippen LogP contribution in [0.2, 0.25) is 0 Å². The molecule has 0 spiro atoms. The third kappa shape index (κ3) is 1.76. The van der Waals surface area contributed by atoms with Gasteiger partial charge in [0.15, 0.2) is 0 Å². The highest BCUT2D eigenvalue weighted by molar-refractivity contribution is 9.10. The summed E-state index contributed by atoms with van der Waals surface area (Å²) in [6.45, 7) is 0.663. The molecule has 1 amide bonds. The van der Waals surface area contributed by atoms with Crippen LogP contribution in [0.3, 0.4) is 0 Å². The Labute approximate surface area is 108 Å². The van der Waals surface area contributed by atoms with Gasteiger partial charge in [0.2, 0.25) is 0 Å². The summed E-state index contributed by atoms with van der Waals surface area (Å²) in [6, 6.07) is 15.6. The maximum absolute atomic E-state index is 12.2. The number of anilines is 1. The van der Waals surface area contributed by atoms with Gasteiger partial charge in [-0.2, -0.15) is 0 Å². The first kappa shape index (κ1) is 10.5. The molecule has 0 bridgehead atoms. The van der Waals surface area contributed by atoms with E-state index in [1.165, 1.54) is 0 Å². The molecule has 0 radical (unpaired) electrons. The fraction of sp³-hybridized carbons (Fsp3) is 0.0714.